The average molecular weight is 302 g/mol. The van der Waals surface area contributed by atoms with Crippen LogP contribution in [0, 0.1) is 0 Å². The number of amides is 1. The van der Waals surface area contributed by atoms with Crippen molar-refractivity contribution in [1.29, 1.82) is 0 Å². The summed E-state index contributed by atoms with van der Waals surface area (Å²) in [6.07, 6.45) is 0.712. The lowest BCUT2D eigenvalue weighted by Crippen LogP contribution is -2.32. The maximum atomic E-state index is 11.8. The van der Waals surface area contributed by atoms with Crippen molar-refractivity contribution in [2.45, 2.75) is 19.6 Å². The lowest BCUT2D eigenvalue weighted by molar-refractivity contribution is -0.137. The molecule has 22 heavy (non-hydrogen) atoms. The number of allylic oxidation sites excluding steroid dienone is 1. The number of ether oxygens (including phenoxy) is 2. The molecule has 1 aromatic carbocycles. The van der Waals surface area contributed by atoms with Crippen LogP contribution in [0.2, 0.25) is 0 Å². The Bertz CT molecular complexity index is 635. The van der Waals surface area contributed by atoms with Crippen molar-refractivity contribution in [1.82, 2.24) is 5.32 Å². The second-order valence-electron chi connectivity index (χ2n) is 4.82. The molecule has 0 fully saturated rings. The molecule has 0 heterocycles. The highest BCUT2D eigenvalue weighted by Gasteiger charge is 2.33. The zero-order valence-corrected chi connectivity index (χ0v) is 12.5. The standard InChI is InChI=1S/C16H18N2O4/c1-10(19)18-14-13(17)8-12(16(20)21-2)15(14)22-9-11-6-4-3-5-7-11/h3-8,15H,9,17H2,1-2H3,(H,18,19). The van der Waals surface area contributed by atoms with Crippen molar-refractivity contribution in [3.63, 3.8) is 0 Å². The summed E-state index contributed by atoms with van der Waals surface area (Å²) in [6.45, 7) is 1.64. The molecule has 0 bridgehead atoms. The lowest BCUT2D eigenvalue weighted by Gasteiger charge is -2.19. The van der Waals surface area contributed by atoms with Crippen LogP contribution in [-0.4, -0.2) is 25.1 Å². The Kier molecular flexibility index (Phi) is 4.95. The molecular weight excluding hydrogens is 284 g/mol. The number of hydrogen-bond donors (Lipinski definition) is 2. The molecule has 0 saturated heterocycles. The average Bonchev–Trinajstić information content (AvgIpc) is 2.81. The fourth-order valence-corrected chi connectivity index (χ4v) is 2.17. The highest BCUT2D eigenvalue weighted by molar-refractivity contribution is 5.93. The summed E-state index contributed by atoms with van der Waals surface area (Å²) in [4.78, 5) is 23.2. The molecule has 0 saturated carbocycles. The van der Waals surface area contributed by atoms with Crippen LogP contribution in [0.4, 0.5) is 0 Å². The minimum Gasteiger partial charge on any atom is -0.466 e. The largest absolute Gasteiger partial charge is 0.466 e. The lowest BCUT2D eigenvalue weighted by atomic mass is 10.1. The highest BCUT2D eigenvalue weighted by atomic mass is 16.5. The predicted molar refractivity (Wildman–Crippen MR) is 80.1 cm³/mol. The molecule has 6 heteroatoms. The molecule has 1 amide bonds. The quantitative estimate of drug-likeness (QED) is 0.792. The molecule has 1 unspecified atom stereocenters. The smallest absolute Gasteiger partial charge is 0.336 e. The fourth-order valence-electron chi connectivity index (χ4n) is 2.17. The van der Waals surface area contributed by atoms with E-state index in [0.29, 0.717) is 5.70 Å². The summed E-state index contributed by atoms with van der Waals surface area (Å²) < 4.78 is 10.5. The normalized spacial score (nSPS) is 17.2. The van der Waals surface area contributed by atoms with Crippen LogP contribution in [0.15, 0.2) is 53.4 Å². The van der Waals surface area contributed by atoms with E-state index in [2.05, 4.69) is 5.32 Å². The van der Waals surface area contributed by atoms with E-state index >= 15 is 0 Å². The van der Waals surface area contributed by atoms with Gasteiger partial charge in [0.15, 0.2) is 0 Å². The Morgan fingerprint density at radius 2 is 1.95 bits per heavy atom. The third-order valence-electron chi connectivity index (χ3n) is 3.16. The van der Waals surface area contributed by atoms with Gasteiger partial charge in [-0.1, -0.05) is 30.3 Å². The molecule has 116 valence electrons. The van der Waals surface area contributed by atoms with Gasteiger partial charge in [-0.05, 0) is 11.6 Å². The maximum absolute atomic E-state index is 11.8. The van der Waals surface area contributed by atoms with Crippen LogP contribution in [0.3, 0.4) is 0 Å². The maximum Gasteiger partial charge on any atom is 0.336 e. The number of methoxy groups -OCH3 is 1. The van der Waals surface area contributed by atoms with E-state index in [1.54, 1.807) is 0 Å². The van der Waals surface area contributed by atoms with Crippen molar-refractivity contribution < 1.29 is 19.1 Å². The van der Waals surface area contributed by atoms with Gasteiger partial charge in [-0.3, -0.25) is 4.79 Å². The van der Waals surface area contributed by atoms with E-state index in [0.717, 1.165) is 5.56 Å². The number of esters is 1. The zero-order chi connectivity index (χ0) is 16.1. The Labute approximate surface area is 128 Å². The van der Waals surface area contributed by atoms with Crippen molar-refractivity contribution in [2.24, 2.45) is 5.73 Å². The van der Waals surface area contributed by atoms with Crippen molar-refractivity contribution in [3.05, 3.63) is 58.9 Å². The monoisotopic (exact) mass is 302 g/mol. The van der Waals surface area contributed by atoms with Crippen LogP contribution in [0.1, 0.15) is 12.5 Å². The third kappa shape index (κ3) is 3.53. The Morgan fingerprint density at radius 3 is 2.55 bits per heavy atom. The van der Waals surface area contributed by atoms with Gasteiger partial charge < -0.3 is 20.5 Å². The van der Waals surface area contributed by atoms with Gasteiger partial charge in [-0.25, -0.2) is 4.79 Å². The van der Waals surface area contributed by atoms with Gasteiger partial charge in [0.25, 0.3) is 0 Å². The van der Waals surface area contributed by atoms with Crippen LogP contribution >= 0.6 is 0 Å². The van der Waals surface area contributed by atoms with Crippen molar-refractivity contribution in [2.75, 3.05) is 7.11 Å². The molecule has 0 radical (unpaired) electrons. The molecule has 1 aliphatic carbocycles. The number of carbonyl (C=O) groups excluding carboxylic acids is 2. The Morgan fingerprint density at radius 1 is 1.27 bits per heavy atom. The second kappa shape index (κ2) is 6.91. The molecule has 0 aromatic heterocycles. The van der Waals surface area contributed by atoms with Gasteiger partial charge in [-0.15, -0.1) is 0 Å². The van der Waals surface area contributed by atoms with Gasteiger partial charge >= 0.3 is 5.97 Å². The predicted octanol–water partition coefficient (Wildman–Crippen LogP) is 0.991. The van der Waals surface area contributed by atoms with Crippen LogP contribution < -0.4 is 11.1 Å². The number of carbonyl (C=O) groups is 2. The van der Waals surface area contributed by atoms with Crippen LogP contribution in [-0.2, 0) is 25.7 Å². The van der Waals surface area contributed by atoms with E-state index in [1.165, 1.54) is 20.1 Å². The number of rotatable bonds is 5. The molecule has 1 aliphatic rings. The molecule has 1 atom stereocenters. The van der Waals surface area contributed by atoms with Gasteiger partial charge in [0, 0.05) is 6.92 Å². The number of nitrogens with two attached hydrogens (primary N) is 1. The minimum absolute atomic E-state index is 0.264. The number of hydrogen-bond acceptors (Lipinski definition) is 5. The first-order chi connectivity index (χ1) is 10.5. The zero-order valence-electron chi connectivity index (χ0n) is 12.5. The second-order valence-corrected chi connectivity index (χ2v) is 4.82. The van der Waals surface area contributed by atoms with Gasteiger partial charge in [0.2, 0.25) is 5.91 Å². The summed E-state index contributed by atoms with van der Waals surface area (Å²) >= 11 is 0. The Balaban J connectivity index is 2.19. The van der Waals surface area contributed by atoms with E-state index in [-0.39, 0.29) is 23.8 Å². The van der Waals surface area contributed by atoms with Gasteiger partial charge in [0.05, 0.1) is 30.7 Å². The van der Waals surface area contributed by atoms with Crippen molar-refractivity contribution in [3.8, 4) is 0 Å². The molecule has 2 rings (SSSR count). The summed E-state index contributed by atoms with van der Waals surface area (Å²) in [6, 6.07) is 9.50. The third-order valence-corrected chi connectivity index (χ3v) is 3.16. The SMILES string of the molecule is COC(=O)C1=CC(N)=C(NC(C)=O)C1OCc1ccccc1. The molecule has 0 spiro atoms. The minimum atomic E-state index is -0.753. The topological polar surface area (TPSA) is 90.6 Å². The van der Waals surface area contributed by atoms with E-state index in [4.69, 9.17) is 15.2 Å². The van der Waals surface area contributed by atoms with E-state index in [9.17, 15) is 9.59 Å². The first-order valence-corrected chi connectivity index (χ1v) is 6.75. The van der Waals surface area contributed by atoms with Crippen molar-refractivity contribution >= 4 is 11.9 Å². The summed E-state index contributed by atoms with van der Waals surface area (Å²) in [7, 11) is 1.28. The van der Waals surface area contributed by atoms with Crippen LogP contribution in [0.5, 0.6) is 0 Å². The molecule has 6 nitrogen and oxygen atoms in total. The number of nitrogens with one attached hydrogen (secondary N) is 1. The summed E-state index contributed by atoms with van der Waals surface area (Å²) in [5, 5.41) is 2.62. The fraction of sp³-hybridized carbons (Fsp3) is 0.250. The van der Waals surface area contributed by atoms with E-state index in [1.807, 2.05) is 30.3 Å². The first-order valence-electron chi connectivity index (χ1n) is 6.75. The van der Waals surface area contributed by atoms with E-state index < -0.39 is 12.1 Å². The van der Waals surface area contributed by atoms with Gasteiger partial charge in [0.1, 0.15) is 6.10 Å². The highest BCUT2D eigenvalue weighted by Crippen LogP contribution is 2.26. The Hall–Kier alpha value is -2.60. The molecule has 3 N–H and O–H groups in total. The summed E-state index contributed by atoms with van der Waals surface area (Å²) in [5.74, 6) is -0.827. The summed E-state index contributed by atoms with van der Waals surface area (Å²) in [5.41, 5.74) is 7.73. The molecule has 1 aromatic rings. The molecular formula is C16H18N2O4. The van der Waals surface area contributed by atoms with Gasteiger partial charge in [-0.2, -0.15) is 0 Å². The van der Waals surface area contributed by atoms with Crippen LogP contribution in [0.25, 0.3) is 0 Å². The molecule has 0 aliphatic heterocycles. The number of benzene rings is 1. The first kappa shape index (κ1) is 15.8.